The van der Waals surface area contributed by atoms with E-state index in [1.54, 1.807) is 6.20 Å². The van der Waals surface area contributed by atoms with Crippen molar-refractivity contribution in [3.8, 4) is 0 Å². The minimum Gasteiger partial charge on any atom is -0.309 e. The molecule has 0 radical (unpaired) electrons. The Morgan fingerprint density at radius 1 is 1.40 bits per heavy atom. The van der Waals surface area contributed by atoms with Crippen molar-refractivity contribution >= 4 is 23.5 Å². The van der Waals surface area contributed by atoms with E-state index >= 15 is 0 Å². The van der Waals surface area contributed by atoms with E-state index in [-0.39, 0.29) is 11.9 Å². The summed E-state index contributed by atoms with van der Waals surface area (Å²) in [6.45, 7) is 5.30. The van der Waals surface area contributed by atoms with Crippen LogP contribution in [-0.4, -0.2) is 33.5 Å². The van der Waals surface area contributed by atoms with Gasteiger partial charge in [-0.15, -0.1) is 0 Å². The van der Waals surface area contributed by atoms with Gasteiger partial charge in [0.05, 0.1) is 6.20 Å². The lowest BCUT2D eigenvalue weighted by atomic mass is 10.0. The molecule has 2 heterocycles. The van der Waals surface area contributed by atoms with Gasteiger partial charge in [0.2, 0.25) is 0 Å². The van der Waals surface area contributed by atoms with Gasteiger partial charge >= 0.3 is 0 Å². The van der Waals surface area contributed by atoms with E-state index in [2.05, 4.69) is 24.1 Å². The summed E-state index contributed by atoms with van der Waals surface area (Å²) < 4.78 is 14.1. The first-order valence-corrected chi connectivity index (χ1v) is 9.43. The summed E-state index contributed by atoms with van der Waals surface area (Å²) in [5.74, 6) is 2.18. The highest BCUT2D eigenvalue weighted by Gasteiger charge is 2.33. The second-order valence-electron chi connectivity index (χ2n) is 4.98. The Morgan fingerprint density at radius 3 is 2.90 bits per heavy atom. The minimum atomic E-state index is -0.188. The number of hydrogen-bond acceptors (Lipinski definition) is 4. The third-order valence-corrected chi connectivity index (χ3v) is 6.93. The molecule has 1 N–H and O–H groups in total. The Balaban J connectivity index is 2.24. The second-order valence-corrected chi connectivity index (χ2v) is 7.61. The third-order valence-electron chi connectivity index (χ3n) is 3.58. The van der Waals surface area contributed by atoms with Crippen LogP contribution in [0.5, 0.6) is 0 Å². The number of halogens is 1. The summed E-state index contributed by atoms with van der Waals surface area (Å²) in [7, 11) is 0. The first-order valence-electron chi connectivity index (χ1n) is 7.33. The molecule has 3 atom stereocenters. The van der Waals surface area contributed by atoms with Crippen LogP contribution in [0.15, 0.2) is 18.5 Å². The zero-order valence-corrected chi connectivity index (χ0v) is 13.8. The maximum atomic E-state index is 14.1. The fourth-order valence-electron chi connectivity index (χ4n) is 2.59. The van der Waals surface area contributed by atoms with Gasteiger partial charge in [-0.05, 0) is 25.5 Å². The van der Waals surface area contributed by atoms with Crippen molar-refractivity contribution < 1.29 is 4.39 Å². The van der Waals surface area contributed by atoms with E-state index in [1.807, 2.05) is 29.6 Å². The highest BCUT2D eigenvalue weighted by molar-refractivity contribution is 8.07. The Kier molecular flexibility index (Phi) is 6.65. The summed E-state index contributed by atoms with van der Waals surface area (Å²) in [5.41, 5.74) is 0.770. The normalized spacial score (nSPS) is 24.6. The average molecular weight is 314 g/mol. The molecular weight excluding hydrogens is 291 g/mol. The number of nitrogens with zero attached hydrogens (tertiary/aromatic N) is 1. The summed E-state index contributed by atoms with van der Waals surface area (Å²) in [6.07, 6.45) is 5.22. The highest BCUT2D eigenvalue weighted by atomic mass is 32.2. The average Bonchev–Trinajstić information content (AvgIpc) is 2.49. The van der Waals surface area contributed by atoms with Crippen molar-refractivity contribution in [2.45, 2.75) is 43.2 Å². The lowest BCUT2D eigenvalue weighted by Crippen LogP contribution is -2.39. The molecule has 5 heteroatoms. The molecular formula is C15H23FN2S2. The number of rotatable bonds is 6. The number of hydrogen-bond donors (Lipinski definition) is 1. The Labute approximate surface area is 129 Å². The number of pyridine rings is 1. The Hall–Kier alpha value is -0.260. The van der Waals surface area contributed by atoms with Crippen LogP contribution in [0.1, 0.15) is 38.3 Å². The van der Waals surface area contributed by atoms with Crippen molar-refractivity contribution in [2.24, 2.45) is 0 Å². The van der Waals surface area contributed by atoms with Gasteiger partial charge in [0.25, 0.3) is 0 Å². The standard InChI is InChI=1S/C15H23FN2S2/c1-3-6-18-14(11-5-7-17-10-12(11)16)15-13(4-2)19-8-9-20-15/h5,7,10,13-15,18H,3-4,6,8-9H2,1-2H3. The molecule has 1 aliphatic heterocycles. The van der Waals surface area contributed by atoms with Gasteiger partial charge in [-0.2, -0.15) is 23.5 Å². The SMILES string of the molecule is CCCNC(c1ccncc1F)C1SCCSC1CC. The topological polar surface area (TPSA) is 24.9 Å². The first-order chi connectivity index (χ1) is 9.77. The molecule has 0 amide bonds. The predicted octanol–water partition coefficient (Wildman–Crippen LogP) is 3.89. The zero-order valence-electron chi connectivity index (χ0n) is 12.1. The molecule has 1 aromatic rings. The van der Waals surface area contributed by atoms with Gasteiger partial charge in [0.1, 0.15) is 5.82 Å². The van der Waals surface area contributed by atoms with Crippen molar-refractivity contribution in [3.63, 3.8) is 0 Å². The van der Waals surface area contributed by atoms with E-state index in [4.69, 9.17) is 0 Å². The molecule has 1 saturated heterocycles. The van der Waals surface area contributed by atoms with Crippen LogP contribution in [-0.2, 0) is 0 Å². The summed E-state index contributed by atoms with van der Waals surface area (Å²) in [4.78, 5) is 3.88. The van der Waals surface area contributed by atoms with Crippen molar-refractivity contribution in [1.82, 2.24) is 10.3 Å². The second kappa shape index (κ2) is 8.25. The van der Waals surface area contributed by atoms with Gasteiger partial charge in [0, 0.05) is 39.8 Å². The molecule has 0 bridgehead atoms. The van der Waals surface area contributed by atoms with Gasteiger partial charge in [-0.3, -0.25) is 4.98 Å². The molecule has 0 saturated carbocycles. The van der Waals surface area contributed by atoms with Crippen molar-refractivity contribution in [2.75, 3.05) is 18.1 Å². The third kappa shape index (κ3) is 3.89. The number of aromatic nitrogens is 1. The monoisotopic (exact) mass is 314 g/mol. The minimum absolute atomic E-state index is 0.0840. The predicted molar refractivity (Wildman–Crippen MR) is 88.0 cm³/mol. The zero-order chi connectivity index (χ0) is 14.4. The summed E-state index contributed by atoms with van der Waals surface area (Å²) >= 11 is 4.02. The lowest BCUT2D eigenvalue weighted by molar-refractivity contribution is 0.472. The van der Waals surface area contributed by atoms with Crippen LogP contribution < -0.4 is 5.32 Å². The van der Waals surface area contributed by atoms with E-state index in [0.29, 0.717) is 10.5 Å². The molecule has 112 valence electrons. The molecule has 0 aromatic carbocycles. The molecule has 2 nitrogen and oxygen atoms in total. The van der Waals surface area contributed by atoms with Gasteiger partial charge in [-0.25, -0.2) is 4.39 Å². The van der Waals surface area contributed by atoms with Crippen LogP contribution in [0.25, 0.3) is 0 Å². The molecule has 0 aliphatic carbocycles. The number of thioether (sulfide) groups is 2. The van der Waals surface area contributed by atoms with Crippen molar-refractivity contribution in [3.05, 3.63) is 29.8 Å². The summed E-state index contributed by atoms with van der Waals surface area (Å²) in [5, 5.41) is 4.58. The van der Waals surface area contributed by atoms with Crippen LogP contribution in [0.4, 0.5) is 4.39 Å². The van der Waals surface area contributed by atoms with Gasteiger partial charge < -0.3 is 5.32 Å². The molecule has 2 rings (SSSR count). The summed E-state index contributed by atoms with van der Waals surface area (Å²) in [6, 6.07) is 1.91. The molecule has 1 aliphatic rings. The quantitative estimate of drug-likeness (QED) is 0.861. The van der Waals surface area contributed by atoms with E-state index in [1.165, 1.54) is 11.9 Å². The Morgan fingerprint density at radius 2 is 2.20 bits per heavy atom. The number of nitrogens with one attached hydrogen (secondary N) is 1. The van der Waals surface area contributed by atoms with Crippen LogP contribution in [0.2, 0.25) is 0 Å². The molecule has 1 aromatic heterocycles. The largest absolute Gasteiger partial charge is 0.309 e. The van der Waals surface area contributed by atoms with Crippen LogP contribution >= 0.6 is 23.5 Å². The smallest absolute Gasteiger partial charge is 0.146 e. The maximum Gasteiger partial charge on any atom is 0.146 e. The van der Waals surface area contributed by atoms with Crippen molar-refractivity contribution in [1.29, 1.82) is 0 Å². The van der Waals surface area contributed by atoms with E-state index in [9.17, 15) is 4.39 Å². The fraction of sp³-hybridized carbons (Fsp3) is 0.667. The van der Waals surface area contributed by atoms with Crippen LogP contribution in [0.3, 0.4) is 0 Å². The van der Waals surface area contributed by atoms with Gasteiger partial charge in [0.15, 0.2) is 0 Å². The van der Waals surface area contributed by atoms with E-state index < -0.39 is 0 Å². The van der Waals surface area contributed by atoms with E-state index in [0.717, 1.165) is 30.7 Å². The van der Waals surface area contributed by atoms with Crippen LogP contribution in [0, 0.1) is 5.82 Å². The molecule has 1 fully saturated rings. The first kappa shape index (κ1) is 16.1. The highest BCUT2D eigenvalue weighted by Crippen LogP contribution is 2.40. The lowest BCUT2D eigenvalue weighted by Gasteiger charge is -2.36. The molecule has 20 heavy (non-hydrogen) atoms. The Bertz CT molecular complexity index is 417. The fourth-order valence-corrected chi connectivity index (χ4v) is 5.83. The molecule has 0 spiro atoms. The maximum absolute atomic E-state index is 14.1. The van der Waals surface area contributed by atoms with Gasteiger partial charge in [-0.1, -0.05) is 13.8 Å². The molecule has 3 unspecified atom stereocenters.